The third kappa shape index (κ3) is 3.04. The van der Waals surface area contributed by atoms with Crippen molar-refractivity contribution in [3.8, 4) is 0 Å². The van der Waals surface area contributed by atoms with Gasteiger partial charge in [0.1, 0.15) is 11.6 Å². The normalized spacial score (nSPS) is 10.7. The molecule has 2 rings (SSSR count). The summed E-state index contributed by atoms with van der Waals surface area (Å²) in [5.74, 6) is -2.94. The van der Waals surface area contributed by atoms with Crippen molar-refractivity contribution < 1.29 is 17.6 Å². The number of rotatable bonds is 3. The molecule has 0 N–H and O–H groups in total. The molecular formula is C13H8F4S. The molecule has 0 nitrogen and oxygen atoms in total. The van der Waals surface area contributed by atoms with Crippen LogP contribution in [0.3, 0.4) is 0 Å². The molecule has 2 aromatic carbocycles. The van der Waals surface area contributed by atoms with Gasteiger partial charge >= 0.3 is 0 Å². The van der Waals surface area contributed by atoms with Gasteiger partial charge in [-0.25, -0.2) is 17.6 Å². The predicted octanol–water partition coefficient (Wildman–Crippen LogP) is 4.54. The first-order chi connectivity index (χ1) is 8.56. The molecule has 94 valence electrons. The SMILES string of the molecule is Fc1ccc(CSc2ccc(F)c(F)c2)c(F)c1. The molecule has 0 saturated heterocycles. The van der Waals surface area contributed by atoms with Crippen LogP contribution in [0, 0.1) is 23.3 Å². The lowest BCUT2D eigenvalue weighted by Gasteiger charge is -2.04. The van der Waals surface area contributed by atoms with E-state index in [0.717, 1.165) is 36.0 Å². The second-order valence-corrected chi connectivity index (χ2v) is 4.65. The molecule has 0 aliphatic carbocycles. The van der Waals surface area contributed by atoms with Crippen LogP contribution in [0.2, 0.25) is 0 Å². The highest BCUT2D eigenvalue weighted by Crippen LogP contribution is 2.25. The minimum atomic E-state index is -0.945. The van der Waals surface area contributed by atoms with E-state index >= 15 is 0 Å². The Morgan fingerprint density at radius 1 is 0.778 bits per heavy atom. The Morgan fingerprint density at radius 3 is 2.22 bits per heavy atom. The molecule has 0 spiro atoms. The van der Waals surface area contributed by atoms with E-state index in [4.69, 9.17) is 0 Å². The number of hydrogen-bond acceptors (Lipinski definition) is 1. The van der Waals surface area contributed by atoms with E-state index < -0.39 is 23.3 Å². The van der Waals surface area contributed by atoms with Gasteiger partial charge in [-0.1, -0.05) is 6.07 Å². The Morgan fingerprint density at radius 2 is 1.56 bits per heavy atom. The second-order valence-electron chi connectivity index (χ2n) is 3.60. The van der Waals surface area contributed by atoms with Crippen LogP contribution in [0.25, 0.3) is 0 Å². The summed E-state index contributed by atoms with van der Waals surface area (Å²) in [5.41, 5.74) is 0.311. The van der Waals surface area contributed by atoms with Crippen LogP contribution in [0.1, 0.15) is 5.56 Å². The third-order valence-electron chi connectivity index (χ3n) is 2.30. The van der Waals surface area contributed by atoms with Gasteiger partial charge in [-0.3, -0.25) is 0 Å². The summed E-state index contributed by atoms with van der Waals surface area (Å²) in [5, 5.41) is 0. The number of halogens is 4. The van der Waals surface area contributed by atoms with Crippen molar-refractivity contribution in [3.05, 3.63) is 65.2 Å². The van der Waals surface area contributed by atoms with Gasteiger partial charge < -0.3 is 0 Å². The molecule has 0 aromatic heterocycles. The molecule has 0 atom stereocenters. The van der Waals surface area contributed by atoms with E-state index in [2.05, 4.69) is 0 Å². The van der Waals surface area contributed by atoms with Crippen LogP contribution in [-0.2, 0) is 5.75 Å². The van der Waals surface area contributed by atoms with E-state index in [9.17, 15) is 17.6 Å². The van der Waals surface area contributed by atoms with Crippen LogP contribution in [0.5, 0.6) is 0 Å². The van der Waals surface area contributed by atoms with Crippen molar-refractivity contribution in [2.24, 2.45) is 0 Å². The fourth-order valence-corrected chi connectivity index (χ4v) is 2.27. The first-order valence-electron chi connectivity index (χ1n) is 5.08. The molecular weight excluding hydrogens is 264 g/mol. The minimum absolute atomic E-state index is 0.219. The molecule has 0 aliphatic rings. The van der Waals surface area contributed by atoms with Gasteiger partial charge in [-0.2, -0.15) is 0 Å². The maximum absolute atomic E-state index is 13.3. The Bertz CT molecular complexity index is 569. The fraction of sp³-hybridized carbons (Fsp3) is 0.0769. The van der Waals surface area contributed by atoms with Crippen molar-refractivity contribution >= 4 is 11.8 Å². The van der Waals surface area contributed by atoms with Gasteiger partial charge in [-0.15, -0.1) is 11.8 Å². The molecule has 0 fully saturated rings. The molecule has 0 aliphatic heterocycles. The van der Waals surface area contributed by atoms with Crippen LogP contribution in [0.4, 0.5) is 17.6 Å². The largest absolute Gasteiger partial charge is 0.207 e. The molecule has 5 heteroatoms. The van der Waals surface area contributed by atoms with E-state index in [-0.39, 0.29) is 5.75 Å². The predicted molar refractivity (Wildman–Crippen MR) is 62.3 cm³/mol. The maximum Gasteiger partial charge on any atom is 0.159 e. The highest BCUT2D eigenvalue weighted by Gasteiger charge is 2.06. The first kappa shape index (κ1) is 13.0. The average molecular weight is 272 g/mol. The Hall–Kier alpha value is -1.49. The highest BCUT2D eigenvalue weighted by atomic mass is 32.2. The summed E-state index contributed by atoms with van der Waals surface area (Å²) < 4.78 is 51.6. The Balaban J connectivity index is 2.09. The van der Waals surface area contributed by atoms with Gasteiger partial charge in [0, 0.05) is 16.7 Å². The van der Waals surface area contributed by atoms with Crippen molar-refractivity contribution in [1.82, 2.24) is 0 Å². The molecule has 0 radical (unpaired) electrons. The van der Waals surface area contributed by atoms with Gasteiger partial charge in [0.2, 0.25) is 0 Å². The summed E-state index contributed by atoms with van der Waals surface area (Å²) >= 11 is 1.15. The van der Waals surface area contributed by atoms with E-state index in [1.165, 1.54) is 12.1 Å². The first-order valence-corrected chi connectivity index (χ1v) is 6.06. The molecule has 0 bridgehead atoms. The highest BCUT2D eigenvalue weighted by molar-refractivity contribution is 7.98. The number of hydrogen-bond donors (Lipinski definition) is 0. The van der Waals surface area contributed by atoms with Gasteiger partial charge in [0.05, 0.1) is 0 Å². The van der Waals surface area contributed by atoms with Crippen LogP contribution in [-0.4, -0.2) is 0 Å². The zero-order chi connectivity index (χ0) is 13.1. The van der Waals surface area contributed by atoms with E-state index in [1.54, 1.807) is 0 Å². The van der Waals surface area contributed by atoms with Crippen molar-refractivity contribution in [3.63, 3.8) is 0 Å². The number of benzene rings is 2. The monoisotopic (exact) mass is 272 g/mol. The second kappa shape index (κ2) is 5.44. The van der Waals surface area contributed by atoms with Crippen LogP contribution in [0.15, 0.2) is 41.3 Å². The third-order valence-corrected chi connectivity index (χ3v) is 3.34. The van der Waals surface area contributed by atoms with Gasteiger partial charge in [-0.05, 0) is 29.8 Å². The Labute approximate surface area is 106 Å². The van der Waals surface area contributed by atoms with Crippen molar-refractivity contribution in [2.75, 3.05) is 0 Å². The Kier molecular flexibility index (Phi) is 3.91. The number of thioether (sulfide) groups is 1. The lowest BCUT2D eigenvalue weighted by molar-refractivity contribution is 0.506. The van der Waals surface area contributed by atoms with Crippen LogP contribution < -0.4 is 0 Å². The summed E-state index contributed by atoms with van der Waals surface area (Å²) in [6, 6.07) is 6.74. The molecule has 0 unspecified atom stereocenters. The quantitative estimate of drug-likeness (QED) is 0.584. The zero-order valence-corrected chi connectivity index (χ0v) is 9.91. The van der Waals surface area contributed by atoms with Crippen molar-refractivity contribution in [1.29, 1.82) is 0 Å². The standard InChI is InChI=1S/C13H8F4S/c14-9-2-1-8(12(16)5-9)7-18-10-3-4-11(15)13(17)6-10/h1-6H,7H2. The zero-order valence-electron chi connectivity index (χ0n) is 9.09. The van der Waals surface area contributed by atoms with Crippen LogP contribution >= 0.6 is 11.8 Å². The molecule has 0 amide bonds. The van der Waals surface area contributed by atoms with E-state index in [0.29, 0.717) is 10.5 Å². The average Bonchev–Trinajstić information content (AvgIpc) is 2.32. The fourth-order valence-electron chi connectivity index (χ4n) is 1.37. The summed E-state index contributed by atoms with van der Waals surface area (Å²) in [6.45, 7) is 0. The smallest absolute Gasteiger partial charge is 0.159 e. The van der Waals surface area contributed by atoms with Crippen molar-refractivity contribution in [2.45, 2.75) is 10.6 Å². The minimum Gasteiger partial charge on any atom is -0.207 e. The summed E-state index contributed by atoms with van der Waals surface area (Å²) in [7, 11) is 0. The maximum atomic E-state index is 13.3. The van der Waals surface area contributed by atoms with Gasteiger partial charge in [0.15, 0.2) is 11.6 Å². The molecule has 2 aromatic rings. The lowest BCUT2D eigenvalue weighted by atomic mass is 10.2. The molecule has 0 heterocycles. The molecule has 18 heavy (non-hydrogen) atoms. The topological polar surface area (TPSA) is 0 Å². The molecule has 0 saturated carbocycles. The van der Waals surface area contributed by atoms with Gasteiger partial charge in [0.25, 0.3) is 0 Å². The summed E-state index contributed by atoms with van der Waals surface area (Å²) in [4.78, 5) is 0.484. The van der Waals surface area contributed by atoms with E-state index in [1.807, 2.05) is 0 Å². The summed E-state index contributed by atoms with van der Waals surface area (Å²) in [6.07, 6.45) is 0. The lowest BCUT2D eigenvalue weighted by Crippen LogP contribution is -1.90.